The van der Waals surface area contributed by atoms with Gasteiger partial charge in [-0.1, -0.05) is 12.8 Å². The van der Waals surface area contributed by atoms with E-state index in [9.17, 15) is 8.42 Å². The predicted molar refractivity (Wildman–Crippen MR) is 56.4 cm³/mol. The van der Waals surface area contributed by atoms with Gasteiger partial charge in [-0.15, -0.1) is 0 Å². The molecule has 2 saturated carbocycles. The van der Waals surface area contributed by atoms with Crippen LogP contribution in [0.25, 0.3) is 0 Å². The van der Waals surface area contributed by atoms with Crippen LogP contribution in [-0.4, -0.2) is 20.7 Å². The normalized spacial score (nSPS) is 24.7. The van der Waals surface area contributed by atoms with Crippen molar-refractivity contribution < 1.29 is 8.42 Å². The summed E-state index contributed by atoms with van der Waals surface area (Å²) in [6.07, 6.45) is 6.88. The zero-order valence-electron chi connectivity index (χ0n) is 8.70. The van der Waals surface area contributed by atoms with Crippen molar-refractivity contribution in [1.29, 1.82) is 0 Å². The molecule has 2 aliphatic rings. The molecular formula is C10H19NO2S. The van der Waals surface area contributed by atoms with Crippen molar-refractivity contribution in [3.05, 3.63) is 0 Å². The second kappa shape index (κ2) is 3.81. The lowest BCUT2D eigenvalue weighted by Crippen LogP contribution is -2.46. The van der Waals surface area contributed by atoms with E-state index in [0.717, 1.165) is 25.7 Å². The Morgan fingerprint density at radius 3 is 1.71 bits per heavy atom. The summed E-state index contributed by atoms with van der Waals surface area (Å²) in [5.41, 5.74) is 0. The van der Waals surface area contributed by atoms with Crippen LogP contribution in [-0.2, 0) is 10.0 Å². The van der Waals surface area contributed by atoms with Crippen LogP contribution in [0.4, 0.5) is 0 Å². The summed E-state index contributed by atoms with van der Waals surface area (Å²) < 4.78 is 26.2. The van der Waals surface area contributed by atoms with Gasteiger partial charge in [0.25, 0.3) is 0 Å². The zero-order chi connectivity index (χ0) is 10.2. The maximum Gasteiger partial charge on any atom is 0.214 e. The van der Waals surface area contributed by atoms with Crippen LogP contribution in [0, 0.1) is 11.8 Å². The molecule has 2 fully saturated rings. The standard InChI is InChI=1S/C10H19NO2S/c1-11-14(12,13)10(8-4-2-5-8)9-6-3-7-9/h8-11H,2-7H2,1H3. The first-order valence-corrected chi connectivity index (χ1v) is 7.12. The Bertz CT molecular complexity index is 277. The largest absolute Gasteiger partial charge is 0.218 e. The summed E-state index contributed by atoms with van der Waals surface area (Å²) >= 11 is 0. The molecule has 82 valence electrons. The van der Waals surface area contributed by atoms with Gasteiger partial charge in [-0.25, -0.2) is 13.1 Å². The van der Waals surface area contributed by atoms with Gasteiger partial charge in [-0.05, 0) is 44.6 Å². The fourth-order valence-corrected chi connectivity index (χ4v) is 4.39. The zero-order valence-corrected chi connectivity index (χ0v) is 9.52. The molecular weight excluding hydrogens is 198 g/mol. The van der Waals surface area contributed by atoms with E-state index in [1.54, 1.807) is 7.05 Å². The highest BCUT2D eigenvalue weighted by Crippen LogP contribution is 2.43. The van der Waals surface area contributed by atoms with Gasteiger partial charge in [0.2, 0.25) is 10.0 Å². The fraction of sp³-hybridized carbons (Fsp3) is 1.00. The average molecular weight is 217 g/mol. The average Bonchev–Trinajstić information content (AvgIpc) is 1.97. The molecule has 0 unspecified atom stereocenters. The maximum atomic E-state index is 11.9. The Hall–Kier alpha value is -0.0900. The summed E-state index contributed by atoms with van der Waals surface area (Å²) in [5, 5.41) is -0.0880. The monoisotopic (exact) mass is 217 g/mol. The van der Waals surface area contributed by atoms with E-state index in [-0.39, 0.29) is 5.25 Å². The third-order valence-corrected chi connectivity index (χ3v) is 5.93. The summed E-state index contributed by atoms with van der Waals surface area (Å²) in [6.45, 7) is 0. The first kappa shape index (κ1) is 10.4. The van der Waals surface area contributed by atoms with Crippen molar-refractivity contribution in [2.45, 2.75) is 43.8 Å². The fourth-order valence-electron chi connectivity index (χ4n) is 2.56. The molecule has 4 heteroatoms. The van der Waals surface area contributed by atoms with E-state index in [2.05, 4.69) is 4.72 Å². The van der Waals surface area contributed by atoms with Crippen molar-refractivity contribution in [1.82, 2.24) is 4.72 Å². The van der Waals surface area contributed by atoms with Crippen molar-refractivity contribution in [3.63, 3.8) is 0 Å². The molecule has 0 aromatic heterocycles. The van der Waals surface area contributed by atoms with E-state index >= 15 is 0 Å². The summed E-state index contributed by atoms with van der Waals surface area (Å²) in [7, 11) is -1.49. The maximum absolute atomic E-state index is 11.9. The van der Waals surface area contributed by atoms with Crippen molar-refractivity contribution >= 4 is 10.0 Å². The lowest BCUT2D eigenvalue weighted by Gasteiger charge is -2.41. The minimum absolute atomic E-state index is 0.0880. The second-order valence-electron chi connectivity index (χ2n) is 4.60. The smallest absolute Gasteiger partial charge is 0.214 e. The molecule has 1 N–H and O–H groups in total. The molecule has 0 heterocycles. The molecule has 3 nitrogen and oxygen atoms in total. The van der Waals surface area contributed by atoms with E-state index in [1.165, 1.54) is 12.8 Å². The van der Waals surface area contributed by atoms with Gasteiger partial charge in [0.05, 0.1) is 5.25 Å². The van der Waals surface area contributed by atoms with Crippen LogP contribution < -0.4 is 4.72 Å². The Balaban J connectivity index is 2.12. The lowest BCUT2D eigenvalue weighted by molar-refractivity contribution is 0.193. The highest BCUT2D eigenvalue weighted by atomic mass is 32.2. The summed E-state index contributed by atoms with van der Waals surface area (Å²) in [4.78, 5) is 0. The van der Waals surface area contributed by atoms with Crippen LogP contribution >= 0.6 is 0 Å². The molecule has 0 aromatic carbocycles. The SMILES string of the molecule is CNS(=O)(=O)C(C1CCC1)C1CCC1. The Morgan fingerprint density at radius 1 is 1.07 bits per heavy atom. The molecule has 2 rings (SSSR count). The van der Waals surface area contributed by atoms with Gasteiger partial charge in [-0.2, -0.15) is 0 Å². The molecule has 0 amide bonds. The summed E-state index contributed by atoms with van der Waals surface area (Å²) in [5.74, 6) is 0.885. The molecule has 0 spiro atoms. The second-order valence-corrected chi connectivity index (χ2v) is 6.64. The van der Waals surface area contributed by atoms with Gasteiger partial charge in [0.15, 0.2) is 0 Å². The number of sulfonamides is 1. The highest BCUT2D eigenvalue weighted by Gasteiger charge is 2.43. The first-order chi connectivity index (χ1) is 6.65. The lowest BCUT2D eigenvalue weighted by atomic mass is 9.72. The van der Waals surface area contributed by atoms with E-state index in [1.807, 2.05) is 0 Å². The quantitative estimate of drug-likeness (QED) is 0.775. The molecule has 0 aromatic rings. The van der Waals surface area contributed by atoms with E-state index in [4.69, 9.17) is 0 Å². The van der Waals surface area contributed by atoms with E-state index in [0.29, 0.717) is 11.8 Å². The molecule has 0 saturated heterocycles. The van der Waals surface area contributed by atoms with Crippen LogP contribution in [0.1, 0.15) is 38.5 Å². The molecule has 0 aliphatic heterocycles. The number of nitrogens with one attached hydrogen (secondary N) is 1. The third-order valence-electron chi connectivity index (χ3n) is 3.87. The minimum atomic E-state index is -3.03. The van der Waals surface area contributed by atoms with Crippen molar-refractivity contribution in [2.24, 2.45) is 11.8 Å². The third kappa shape index (κ3) is 1.70. The summed E-state index contributed by atoms with van der Waals surface area (Å²) in [6, 6.07) is 0. The number of hydrogen-bond acceptors (Lipinski definition) is 2. The number of hydrogen-bond donors (Lipinski definition) is 1. The topological polar surface area (TPSA) is 46.2 Å². The molecule has 0 bridgehead atoms. The number of rotatable bonds is 4. The van der Waals surface area contributed by atoms with Gasteiger partial charge in [-0.3, -0.25) is 0 Å². The van der Waals surface area contributed by atoms with E-state index < -0.39 is 10.0 Å². The van der Waals surface area contributed by atoms with Crippen molar-refractivity contribution in [3.8, 4) is 0 Å². The molecule has 14 heavy (non-hydrogen) atoms. The Kier molecular flexibility index (Phi) is 2.84. The van der Waals surface area contributed by atoms with Crippen LogP contribution in [0.2, 0.25) is 0 Å². The highest BCUT2D eigenvalue weighted by molar-refractivity contribution is 7.90. The van der Waals surface area contributed by atoms with Crippen LogP contribution in [0.5, 0.6) is 0 Å². The molecule has 2 aliphatic carbocycles. The molecule has 0 radical (unpaired) electrons. The molecule has 0 atom stereocenters. The Morgan fingerprint density at radius 2 is 1.50 bits per heavy atom. The van der Waals surface area contributed by atoms with Gasteiger partial charge in [0, 0.05) is 0 Å². The van der Waals surface area contributed by atoms with Gasteiger partial charge < -0.3 is 0 Å². The van der Waals surface area contributed by atoms with Crippen LogP contribution in [0.3, 0.4) is 0 Å². The van der Waals surface area contributed by atoms with Crippen LogP contribution in [0.15, 0.2) is 0 Å². The van der Waals surface area contributed by atoms with Gasteiger partial charge in [0.1, 0.15) is 0 Å². The van der Waals surface area contributed by atoms with Crippen molar-refractivity contribution in [2.75, 3.05) is 7.05 Å². The van der Waals surface area contributed by atoms with Gasteiger partial charge >= 0.3 is 0 Å². The minimum Gasteiger partial charge on any atom is -0.218 e. The predicted octanol–water partition coefficient (Wildman–Crippen LogP) is 1.50. The first-order valence-electron chi connectivity index (χ1n) is 5.57. The Labute approximate surface area is 86.3 Å².